The van der Waals surface area contributed by atoms with Gasteiger partial charge in [-0.05, 0) is 68.3 Å². The Bertz CT molecular complexity index is 1530. The van der Waals surface area contributed by atoms with Crippen LogP contribution in [0.25, 0.3) is 0 Å². The molecule has 0 aliphatic carbocycles. The topological polar surface area (TPSA) is 122 Å². The molecule has 10 nitrogen and oxygen atoms in total. The zero-order valence-corrected chi connectivity index (χ0v) is 23.6. The van der Waals surface area contributed by atoms with Crippen molar-refractivity contribution in [2.75, 3.05) is 43.5 Å². The van der Waals surface area contributed by atoms with E-state index in [1.54, 1.807) is 18.2 Å². The molecular weight excluding hydrogens is 542 g/mol. The Kier molecular flexibility index (Phi) is 8.48. The Morgan fingerprint density at radius 1 is 0.846 bits per heavy atom. The van der Waals surface area contributed by atoms with Crippen LogP contribution in [-0.2, 0) is 24.8 Å². The molecule has 0 radical (unpaired) electrons. The molecule has 0 aromatic heterocycles. The van der Waals surface area contributed by atoms with E-state index in [4.69, 9.17) is 9.47 Å². The molecule has 1 N–H and O–H groups in total. The summed E-state index contributed by atoms with van der Waals surface area (Å²) in [5, 5.41) is 2.66. The monoisotopic (exact) mass is 573 g/mol. The lowest BCUT2D eigenvalue weighted by molar-refractivity contribution is -0.114. The molecule has 0 saturated carbocycles. The molecule has 1 amide bonds. The van der Waals surface area contributed by atoms with Gasteiger partial charge in [0.2, 0.25) is 15.9 Å². The lowest BCUT2D eigenvalue weighted by atomic mass is 10.2. The molecule has 208 valence electrons. The third-order valence-electron chi connectivity index (χ3n) is 6.39. The standard InChI is InChI=1S/C27H31N3O7S2/c1-20-6-11-24(12-7-20)39(34,35)30(22-10-15-25(36-2)26(18-22)37-3)19-27(31)28-21-8-13-23(14-9-21)38(32,33)29-16-4-5-17-29/h6-15,18H,4-5,16-17,19H2,1-3H3,(H,28,31). The van der Waals surface area contributed by atoms with Crippen LogP contribution in [0.5, 0.6) is 11.5 Å². The minimum absolute atomic E-state index is 0.0205. The minimum Gasteiger partial charge on any atom is -0.493 e. The van der Waals surface area contributed by atoms with E-state index >= 15 is 0 Å². The van der Waals surface area contributed by atoms with Gasteiger partial charge in [0.05, 0.1) is 29.7 Å². The fraction of sp³-hybridized carbons (Fsp3) is 0.296. The van der Waals surface area contributed by atoms with Crippen LogP contribution in [0.2, 0.25) is 0 Å². The van der Waals surface area contributed by atoms with Crippen molar-refractivity contribution in [2.24, 2.45) is 0 Å². The number of anilines is 2. The molecule has 1 fully saturated rings. The molecule has 1 aliphatic heterocycles. The van der Waals surface area contributed by atoms with Gasteiger partial charge in [0.25, 0.3) is 10.0 Å². The number of sulfonamides is 2. The maximum Gasteiger partial charge on any atom is 0.264 e. The van der Waals surface area contributed by atoms with Crippen LogP contribution in [0.1, 0.15) is 18.4 Å². The van der Waals surface area contributed by atoms with Crippen LogP contribution in [0.3, 0.4) is 0 Å². The second kappa shape index (κ2) is 11.6. The molecular formula is C27H31N3O7S2. The fourth-order valence-corrected chi connectivity index (χ4v) is 7.18. The Morgan fingerprint density at radius 2 is 1.44 bits per heavy atom. The number of rotatable bonds is 10. The van der Waals surface area contributed by atoms with Crippen LogP contribution in [0.15, 0.2) is 76.5 Å². The van der Waals surface area contributed by atoms with Crippen LogP contribution < -0.4 is 19.1 Å². The summed E-state index contributed by atoms with van der Waals surface area (Å²) in [6, 6.07) is 16.7. The van der Waals surface area contributed by atoms with Gasteiger partial charge in [0, 0.05) is 24.8 Å². The van der Waals surface area contributed by atoms with Crippen molar-refractivity contribution in [3.63, 3.8) is 0 Å². The highest BCUT2D eigenvalue weighted by atomic mass is 32.2. The highest BCUT2D eigenvalue weighted by Crippen LogP contribution is 2.34. The summed E-state index contributed by atoms with van der Waals surface area (Å²) in [4.78, 5) is 13.3. The summed E-state index contributed by atoms with van der Waals surface area (Å²) in [6.07, 6.45) is 1.66. The predicted molar refractivity (Wildman–Crippen MR) is 148 cm³/mol. The van der Waals surface area contributed by atoms with Gasteiger partial charge in [-0.15, -0.1) is 0 Å². The summed E-state index contributed by atoms with van der Waals surface area (Å²) in [7, 11) is -4.84. The average molecular weight is 574 g/mol. The number of hydrogen-bond donors (Lipinski definition) is 1. The molecule has 0 unspecified atom stereocenters. The lowest BCUT2D eigenvalue weighted by Crippen LogP contribution is -2.38. The molecule has 3 aromatic carbocycles. The number of hydrogen-bond acceptors (Lipinski definition) is 7. The van der Waals surface area contributed by atoms with Crippen LogP contribution in [0, 0.1) is 6.92 Å². The summed E-state index contributed by atoms with van der Waals surface area (Å²) < 4.78 is 65.9. The molecule has 3 aromatic rings. The van der Waals surface area contributed by atoms with E-state index in [0.717, 1.165) is 22.7 Å². The van der Waals surface area contributed by atoms with Gasteiger partial charge in [-0.2, -0.15) is 4.31 Å². The zero-order valence-electron chi connectivity index (χ0n) is 22.0. The third kappa shape index (κ3) is 6.18. The van der Waals surface area contributed by atoms with Crippen molar-refractivity contribution >= 4 is 37.3 Å². The van der Waals surface area contributed by atoms with Gasteiger partial charge in [-0.1, -0.05) is 17.7 Å². The van der Waals surface area contributed by atoms with Crippen molar-refractivity contribution < 1.29 is 31.1 Å². The van der Waals surface area contributed by atoms with Crippen molar-refractivity contribution in [1.29, 1.82) is 0 Å². The Hall–Kier alpha value is -3.61. The Labute approximate surface area is 229 Å². The molecule has 1 aliphatic rings. The largest absolute Gasteiger partial charge is 0.493 e. The summed E-state index contributed by atoms with van der Waals surface area (Å²) in [6.45, 7) is 2.28. The molecule has 1 heterocycles. The minimum atomic E-state index is -4.15. The van der Waals surface area contributed by atoms with Crippen molar-refractivity contribution in [2.45, 2.75) is 29.6 Å². The maximum absolute atomic E-state index is 13.7. The van der Waals surface area contributed by atoms with E-state index in [1.165, 1.54) is 67.1 Å². The van der Waals surface area contributed by atoms with Gasteiger partial charge in [0.1, 0.15) is 6.54 Å². The number of methoxy groups -OCH3 is 2. The second-order valence-electron chi connectivity index (χ2n) is 9.05. The van der Waals surface area contributed by atoms with Gasteiger partial charge >= 0.3 is 0 Å². The number of ether oxygens (including phenoxy) is 2. The van der Waals surface area contributed by atoms with Crippen LogP contribution in [0.4, 0.5) is 11.4 Å². The first-order valence-electron chi connectivity index (χ1n) is 12.3. The Morgan fingerprint density at radius 3 is 2.03 bits per heavy atom. The van der Waals surface area contributed by atoms with E-state index in [0.29, 0.717) is 30.3 Å². The number of aryl methyl sites for hydroxylation is 1. The van der Waals surface area contributed by atoms with Crippen molar-refractivity contribution in [3.8, 4) is 11.5 Å². The van der Waals surface area contributed by atoms with Gasteiger partial charge in [0.15, 0.2) is 11.5 Å². The normalized spacial score (nSPS) is 14.1. The van der Waals surface area contributed by atoms with Gasteiger partial charge in [-0.3, -0.25) is 9.10 Å². The number of nitrogens with zero attached hydrogens (tertiary/aromatic N) is 2. The second-order valence-corrected chi connectivity index (χ2v) is 12.8. The zero-order chi connectivity index (χ0) is 28.2. The lowest BCUT2D eigenvalue weighted by Gasteiger charge is -2.25. The number of nitrogens with one attached hydrogen (secondary N) is 1. The number of amides is 1. The first kappa shape index (κ1) is 28.4. The maximum atomic E-state index is 13.7. The molecule has 1 saturated heterocycles. The average Bonchev–Trinajstić information content (AvgIpc) is 3.48. The summed E-state index contributed by atoms with van der Waals surface area (Å²) in [5.74, 6) is 0.0901. The molecule has 12 heteroatoms. The van der Waals surface area contributed by atoms with Crippen LogP contribution >= 0.6 is 0 Å². The summed E-state index contributed by atoms with van der Waals surface area (Å²) >= 11 is 0. The first-order valence-corrected chi connectivity index (χ1v) is 15.2. The number of carbonyl (C=O) groups is 1. The van der Waals surface area contributed by atoms with Crippen molar-refractivity contribution in [3.05, 3.63) is 72.3 Å². The molecule has 39 heavy (non-hydrogen) atoms. The van der Waals surface area contributed by atoms with E-state index in [2.05, 4.69) is 5.32 Å². The Balaban J connectivity index is 1.60. The SMILES string of the molecule is COc1ccc(N(CC(=O)Nc2ccc(S(=O)(=O)N3CCCC3)cc2)S(=O)(=O)c2ccc(C)cc2)cc1OC. The number of benzene rings is 3. The smallest absolute Gasteiger partial charge is 0.264 e. The molecule has 4 rings (SSSR count). The van der Waals surface area contributed by atoms with Gasteiger partial charge < -0.3 is 14.8 Å². The quantitative estimate of drug-likeness (QED) is 0.393. The summed E-state index contributed by atoms with van der Waals surface area (Å²) in [5.41, 5.74) is 1.43. The third-order valence-corrected chi connectivity index (χ3v) is 10.1. The van der Waals surface area contributed by atoms with Crippen molar-refractivity contribution in [1.82, 2.24) is 4.31 Å². The predicted octanol–water partition coefficient (Wildman–Crippen LogP) is 3.63. The first-order chi connectivity index (χ1) is 18.6. The molecule has 0 atom stereocenters. The van der Waals surface area contributed by atoms with E-state index in [-0.39, 0.29) is 15.5 Å². The van der Waals surface area contributed by atoms with E-state index < -0.39 is 32.5 Å². The van der Waals surface area contributed by atoms with E-state index in [1.807, 2.05) is 6.92 Å². The fourth-order valence-electron chi connectivity index (χ4n) is 4.25. The number of carbonyl (C=O) groups excluding carboxylic acids is 1. The van der Waals surface area contributed by atoms with E-state index in [9.17, 15) is 21.6 Å². The highest BCUT2D eigenvalue weighted by molar-refractivity contribution is 7.92. The van der Waals surface area contributed by atoms with Crippen LogP contribution in [-0.4, -0.2) is 60.9 Å². The van der Waals surface area contributed by atoms with Gasteiger partial charge in [-0.25, -0.2) is 16.8 Å². The highest BCUT2D eigenvalue weighted by Gasteiger charge is 2.29. The molecule has 0 bridgehead atoms. The molecule has 0 spiro atoms.